The van der Waals surface area contributed by atoms with Gasteiger partial charge in [0.1, 0.15) is 0 Å². The third kappa shape index (κ3) is 2.38. The van der Waals surface area contributed by atoms with E-state index in [4.69, 9.17) is 5.26 Å². The molecular formula is C15H11NO2. The van der Waals surface area contributed by atoms with Gasteiger partial charge >= 0.3 is 5.97 Å². The molecule has 0 amide bonds. The molecular weight excluding hydrogens is 226 g/mol. The molecule has 3 nitrogen and oxygen atoms in total. The van der Waals surface area contributed by atoms with Crippen LogP contribution in [-0.4, -0.2) is 13.1 Å². The summed E-state index contributed by atoms with van der Waals surface area (Å²) in [6.45, 7) is 0. The summed E-state index contributed by atoms with van der Waals surface area (Å²) in [6.07, 6.45) is 0. The molecule has 0 N–H and O–H groups in total. The highest BCUT2D eigenvalue weighted by Gasteiger charge is 2.06. The van der Waals surface area contributed by atoms with Gasteiger partial charge in [-0.15, -0.1) is 0 Å². The third-order valence-corrected chi connectivity index (χ3v) is 2.63. The average molecular weight is 237 g/mol. The predicted octanol–water partition coefficient (Wildman–Crippen LogP) is 3.01. The van der Waals surface area contributed by atoms with Gasteiger partial charge in [0, 0.05) is 0 Å². The quantitative estimate of drug-likeness (QED) is 0.754. The Bertz CT molecular complexity index is 609. The van der Waals surface area contributed by atoms with Crippen molar-refractivity contribution in [3.8, 4) is 17.2 Å². The van der Waals surface area contributed by atoms with Gasteiger partial charge in [0.25, 0.3) is 0 Å². The first-order valence-corrected chi connectivity index (χ1v) is 5.43. The van der Waals surface area contributed by atoms with Gasteiger partial charge in [0.2, 0.25) is 0 Å². The maximum absolute atomic E-state index is 11.4. The lowest BCUT2D eigenvalue weighted by molar-refractivity contribution is 0.0601. The van der Waals surface area contributed by atoms with E-state index in [1.807, 2.05) is 18.2 Å². The van der Waals surface area contributed by atoms with E-state index in [0.29, 0.717) is 11.1 Å². The highest BCUT2D eigenvalue weighted by molar-refractivity contribution is 5.90. The summed E-state index contributed by atoms with van der Waals surface area (Å²) in [4.78, 5) is 11.4. The van der Waals surface area contributed by atoms with Crippen LogP contribution in [0.1, 0.15) is 15.9 Å². The van der Waals surface area contributed by atoms with Crippen LogP contribution in [0, 0.1) is 11.3 Å². The van der Waals surface area contributed by atoms with E-state index in [2.05, 4.69) is 10.8 Å². The first-order valence-electron chi connectivity index (χ1n) is 5.43. The monoisotopic (exact) mass is 237 g/mol. The number of carbonyl (C=O) groups excluding carboxylic acids is 1. The van der Waals surface area contributed by atoms with Gasteiger partial charge in [-0.25, -0.2) is 4.79 Å². The Balaban J connectivity index is 2.38. The minimum absolute atomic E-state index is 0.356. The van der Waals surface area contributed by atoms with Gasteiger partial charge in [-0.1, -0.05) is 24.3 Å². The molecule has 0 aromatic heterocycles. The third-order valence-electron chi connectivity index (χ3n) is 2.63. The Morgan fingerprint density at radius 3 is 2.44 bits per heavy atom. The van der Waals surface area contributed by atoms with Gasteiger partial charge in [-0.3, -0.25) is 0 Å². The van der Waals surface area contributed by atoms with Crippen molar-refractivity contribution in [2.24, 2.45) is 0 Å². The van der Waals surface area contributed by atoms with Crippen molar-refractivity contribution in [3.63, 3.8) is 0 Å². The lowest BCUT2D eigenvalue weighted by Crippen LogP contribution is -2.00. The Morgan fingerprint density at radius 1 is 1.11 bits per heavy atom. The van der Waals surface area contributed by atoms with Crippen LogP contribution < -0.4 is 0 Å². The number of rotatable bonds is 2. The molecule has 0 bridgehead atoms. The highest BCUT2D eigenvalue weighted by Crippen LogP contribution is 2.21. The number of esters is 1. The SMILES string of the molecule is COC(=O)c1cccc(-c2ccc(C#N)cc2)c1. The minimum atomic E-state index is -0.356. The molecule has 0 radical (unpaired) electrons. The maximum Gasteiger partial charge on any atom is 0.337 e. The van der Waals surface area contributed by atoms with E-state index in [1.165, 1.54) is 7.11 Å². The number of hydrogen-bond donors (Lipinski definition) is 0. The van der Waals surface area contributed by atoms with Gasteiger partial charge in [-0.05, 0) is 35.4 Å². The van der Waals surface area contributed by atoms with Crippen molar-refractivity contribution in [1.82, 2.24) is 0 Å². The van der Waals surface area contributed by atoms with Crippen molar-refractivity contribution in [1.29, 1.82) is 5.26 Å². The van der Waals surface area contributed by atoms with Crippen LogP contribution in [0.5, 0.6) is 0 Å². The zero-order valence-electron chi connectivity index (χ0n) is 9.88. The molecule has 0 aliphatic heterocycles. The Morgan fingerprint density at radius 2 is 1.83 bits per heavy atom. The Kier molecular flexibility index (Phi) is 3.40. The molecule has 88 valence electrons. The van der Waals surface area contributed by atoms with Crippen molar-refractivity contribution in [3.05, 3.63) is 59.7 Å². The summed E-state index contributed by atoms with van der Waals surface area (Å²) in [6, 6.07) is 16.5. The molecule has 3 heteroatoms. The lowest BCUT2D eigenvalue weighted by Gasteiger charge is -2.04. The second-order valence-corrected chi connectivity index (χ2v) is 3.76. The van der Waals surface area contributed by atoms with Gasteiger partial charge in [0.05, 0.1) is 24.3 Å². The standard InChI is InChI=1S/C15H11NO2/c1-18-15(17)14-4-2-3-13(9-14)12-7-5-11(10-16)6-8-12/h2-9H,1H3. The molecule has 0 fully saturated rings. The van der Waals surface area contributed by atoms with E-state index < -0.39 is 0 Å². The minimum Gasteiger partial charge on any atom is -0.465 e. The number of methoxy groups -OCH3 is 1. The molecule has 0 spiro atoms. The normalized spacial score (nSPS) is 9.56. The number of carbonyl (C=O) groups is 1. The van der Waals surface area contributed by atoms with Crippen molar-refractivity contribution < 1.29 is 9.53 Å². The Hall–Kier alpha value is -2.60. The number of nitriles is 1. The predicted molar refractivity (Wildman–Crippen MR) is 67.9 cm³/mol. The molecule has 18 heavy (non-hydrogen) atoms. The van der Waals surface area contributed by atoms with Crippen molar-refractivity contribution in [2.45, 2.75) is 0 Å². The molecule has 0 saturated carbocycles. The van der Waals surface area contributed by atoms with Crippen LogP contribution in [0.15, 0.2) is 48.5 Å². The summed E-state index contributed by atoms with van der Waals surface area (Å²) >= 11 is 0. The zero-order valence-corrected chi connectivity index (χ0v) is 9.88. The van der Waals surface area contributed by atoms with Crippen molar-refractivity contribution in [2.75, 3.05) is 7.11 Å². The first-order chi connectivity index (χ1) is 8.74. The molecule has 0 heterocycles. The molecule has 0 unspecified atom stereocenters. The molecule has 2 aromatic rings. The molecule has 0 aliphatic carbocycles. The zero-order chi connectivity index (χ0) is 13.0. The summed E-state index contributed by atoms with van der Waals surface area (Å²) < 4.78 is 4.68. The fourth-order valence-corrected chi connectivity index (χ4v) is 1.68. The van der Waals surface area contributed by atoms with Crippen LogP contribution in [0.3, 0.4) is 0 Å². The molecule has 2 rings (SSSR count). The maximum atomic E-state index is 11.4. The fourth-order valence-electron chi connectivity index (χ4n) is 1.68. The summed E-state index contributed by atoms with van der Waals surface area (Å²) in [5.41, 5.74) is 3.00. The number of benzene rings is 2. The number of ether oxygens (including phenoxy) is 1. The van der Waals surface area contributed by atoms with Crippen LogP contribution in [0.4, 0.5) is 0 Å². The van der Waals surface area contributed by atoms with Crippen LogP contribution in [-0.2, 0) is 4.74 Å². The second-order valence-electron chi connectivity index (χ2n) is 3.76. The topological polar surface area (TPSA) is 50.1 Å². The van der Waals surface area contributed by atoms with Crippen LogP contribution in [0.2, 0.25) is 0 Å². The second kappa shape index (κ2) is 5.15. The van der Waals surface area contributed by atoms with Crippen LogP contribution >= 0.6 is 0 Å². The van der Waals surface area contributed by atoms with E-state index in [9.17, 15) is 4.79 Å². The van der Waals surface area contributed by atoms with Crippen LogP contribution in [0.25, 0.3) is 11.1 Å². The molecule has 0 saturated heterocycles. The molecule has 0 aliphatic rings. The smallest absolute Gasteiger partial charge is 0.337 e. The van der Waals surface area contributed by atoms with Gasteiger partial charge in [-0.2, -0.15) is 5.26 Å². The van der Waals surface area contributed by atoms with E-state index >= 15 is 0 Å². The first kappa shape index (κ1) is 11.9. The number of hydrogen-bond acceptors (Lipinski definition) is 3. The van der Waals surface area contributed by atoms with E-state index in [1.54, 1.807) is 30.3 Å². The summed E-state index contributed by atoms with van der Waals surface area (Å²) in [5.74, 6) is -0.356. The summed E-state index contributed by atoms with van der Waals surface area (Å²) in [7, 11) is 1.36. The van der Waals surface area contributed by atoms with E-state index in [-0.39, 0.29) is 5.97 Å². The molecule has 0 atom stereocenters. The van der Waals surface area contributed by atoms with Crippen molar-refractivity contribution >= 4 is 5.97 Å². The molecule has 2 aromatic carbocycles. The van der Waals surface area contributed by atoms with Gasteiger partial charge < -0.3 is 4.74 Å². The summed E-state index contributed by atoms with van der Waals surface area (Å²) in [5, 5.41) is 8.74. The average Bonchev–Trinajstić information content (AvgIpc) is 2.46. The lowest BCUT2D eigenvalue weighted by atomic mass is 10.0. The largest absolute Gasteiger partial charge is 0.465 e. The Labute approximate surface area is 105 Å². The van der Waals surface area contributed by atoms with Gasteiger partial charge in [0.15, 0.2) is 0 Å². The fraction of sp³-hybridized carbons (Fsp3) is 0.0667. The highest BCUT2D eigenvalue weighted by atomic mass is 16.5. The van der Waals surface area contributed by atoms with E-state index in [0.717, 1.165) is 11.1 Å². The number of nitrogens with zero attached hydrogens (tertiary/aromatic N) is 1.